The summed E-state index contributed by atoms with van der Waals surface area (Å²) in [7, 11) is 0. The third kappa shape index (κ3) is 7.23. The topological polar surface area (TPSA) is 87.5 Å². The molecule has 1 rings (SSSR count). The highest BCUT2D eigenvalue weighted by Gasteiger charge is 2.17. The van der Waals surface area contributed by atoms with E-state index in [0.29, 0.717) is 6.54 Å². The second kappa shape index (κ2) is 10.8. The number of benzene rings is 1. The van der Waals surface area contributed by atoms with E-state index in [0.717, 1.165) is 25.2 Å². The first-order chi connectivity index (χ1) is 11.9. The monoisotopic (exact) mass is 348 g/mol. The zero-order valence-corrected chi connectivity index (χ0v) is 15.8. The number of hydrogen-bond donors (Lipinski definition) is 3. The maximum Gasteiger partial charge on any atom is 0.239 e. The van der Waals surface area contributed by atoms with Crippen LogP contribution in [0.2, 0.25) is 0 Å². The largest absolute Gasteiger partial charge is 0.350 e. The highest BCUT2D eigenvalue weighted by Crippen LogP contribution is 2.11. The molecule has 4 N–H and O–H groups in total. The molecule has 6 nitrogen and oxygen atoms in total. The van der Waals surface area contributed by atoms with Crippen LogP contribution in [0.1, 0.15) is 38.8 Å². The van der Waals surface area contributed by atoms with Gasteiger partial charge in [0, 0.05) is 13.1 Å². The van der Waals surface area contributed by atoms with E-state index in [4.69, 9.17) is 5.73 Å². The standard InChI is InChI=1S/C19H32N4O2/c1-5-23(6-2)13-16-10-8-7-9-15(16)11-21-17(24)12-22-19(25)18(20)14(3)4/h7-10,14,18H,5-6,11-13,20H2,1-4H3,(H,21,24)(H,22,25)/t18-/m0/s1. The number of hydrogen-bond acceptors (Lipinski definition) is 4. The fraction of sp³-hybridized carbons (Fsp3) is 0.579. The zero-order chi connectivity index (χ0) is 18.8. The molecule has 0 aromatic heterocycles. The van der Waals surface area contributed by atoms with Gasteiger partial charge in [-0.15, -0.1) is 0 Å². The molecule has 0 heterocycles. The van der Waals surface area contributed by atoms with Crippen molar-refractivity contribution in [1.82, 2.24) is 15.5 Å². The summed E-state index contributed by atoms with van der Waals surface area (Å²) >= 11 is 0. The van der Waals surface area contributed by atoms with E-state index in [1.165, 1.54) is 5.56 Å². The lowest BCUT2D eigenvalue weighted by atomic mass is 10.1. The molecule has 0 unspecified atom stereocenters. The Labute approximate surface area is 151 Å². The Bertz CT molecular complexity index is 556. The quantitative estimate of drug-likeness (QED) is 0.594. The third-order valence-corrected chi connectivity index (χ3v) is 4.33. The lowest BCUT2D eigenvalue weighted by Gasteiger charge is -2.20. The third-order valence-electron chi connectivity index (χ3n) is 4.33. The molecule has 6 heteroatoms. The minimum absolute atomic E-state index is 0.0371. The predicted octanol–water partition coefficient (Wildman–Crippen LogP) is 1.24. The summed E-state index contributed by atoms with van der Waals surface area (Å²) in [6, 6.07) is 7.49. The Balaban J connectivity index is 2.52. The van der Waals surface area contributed by atoms with Gasteiger partial charge in [0.25, 0.3) is 0 Å². The normalized spacial score (nSPS) is 12.3. The van der Waals surface area contributed by atoms with Crippen molar-refractivity contribution in [3.05, 3.63) is 35.4 Å². The molecular formula is C19H32N4O2. The van der Waals surface area contributed by atoms with Crippen molar-refractivity contribution in [2.45, 2.75) is 46.8 Å². The van der Waals surface area contributed by atoms with Gasteiger partial charge in [-0.3, -0.25) is 14.5 Å². The molecular weight excluding hydrogens is 316 g/mol. The molecule has 1 aromatic rings. The minimum atomic E-state index is -0.595. The van der Waals surface area contributed by atoms with E-state index in [-0.39, 0.29) is 24.3 Å². The molecule has 0 aliphatic carbocycles. The van der Waals surface area contributed by atoms with Crippen molar-refractivity contribution in [1.29, 1.82) is 0 Å². The average Bonchev–Trinajstić information content (AvgIpc) is 2.62. The Hall–Kier alpha value is -1.92. The molecule has 1 aromatic carbocycles. The molecule has 25 heavy (non-hydrogen) atoms. The van der Waals surface area contributed by atoms with E-state index in [1.54, 1.807) is 0 Å². The molecule has 0 saturated carbocycles. The number of amides is 2. The Kier molecular flexibility index (Phi) is 9.16. The summed E-state index contributed by atoms with van der Waals surface area (Å²) in [5.41, 5.74) is 8.05. The molecule has 0 saturated heterocycles. The van der Waals surface area contributed by atoms with Crippen molar-refractivity contribution in [3.8, 4) is 0 Å². The molecule has 0 spiro atoms. The van der Waals surface area contributed by atoms with E-state index in [9.17, 15) is 9.59 Å². The van der Waals surface area contributed by atoms with E-state index < -0.39 is 6.04 Å². The van der Waals surface area contributed by atoms with Crippen LogP contribution in [0, 0.1) is 5.92 Å². The van der Waals surface area contributed by atoms with Crippen LogP contribution < -0.4 is 16.4 Å². The first kappa shape index (κ1) is 21.1. The van der Waals surface area contributed by atoms with E-state index in [2.05, 4.69) is 35.4 Å². The van der Waals surface area contributed by atoms with Gasteiger partial charge in [0.15, 0.2) is 0 Å². The van der Waals surface area contributed by atoms with Gasteiger partial charge in [0.2, 0.25) is 11.8 Å². The van der Waals surface area contributed by atoms with Gasteiger partial charge < -0.3 is 16.4 Å². The lowest BCUT2D eigenvalue weighted by Crippen LogP contribution is -2.47. The van der Waals surface area contributed by atoms with Gasteiger partial charge in [0.1, 0.15) is 0 Å². The van der Waals surface area contributed by atoms with Crippen LogP contribution in [0.3, 0.4) is 0 Å². The number of rotatable bonds is 10. The Morgan fingerprint density at radius 2 is 1.68 bits per heavy atom. The molecule has 0 fully saturated rings. The van der Waals surface area contributed by atoms with Crippen molar-refractivity contribution in [3.63, 3.8) is 0 Å². The maximum atomic E-state index is 12.0. The lowest BCUT2D eigenvalue weighted by molar-refractivity contribution is -0.127. The van der Waals surface area contributed by atoms with Gasteiger partial charge in [0.05, 0.1) is 12.6 Å². The van der Waals surface area contributed by atoms with Crippen LogP contribution in [0.15, 0.2) is 24.3 Å². The molecule has 1 atom stereocenters. The van der Waals surface area contributed by atoms with E-state index >= 15 is 0 Å². The second-order valence-corrected chi connectivity index (χ2v) is 6.49. The molecule has 0 aliphatic heterocycles. The van der Waals surface area contributed by atoms with Crippen LogP contribution in [-0.4, -0.2) is 42.4 Å². The molecule has 2 amide bonds. The van der Waals surface area contributed by atoms with Crippen molar-refractivity contribution in [2.24, 2.45) is 11.7 Å². The number of carbonyl (C=O) groups excluding carboxylic acids is 2. The fourth-order valence-electron chi connectivity index (χ4n) is 2.42. The summed E-state index contributed by atoms with van der Waals surface area (Å²) in [6.07, 6.45) is 0. The molecule has 0 radical (unpaired) electrons. The number of carbonyl (C=O) groups is 2. The van der Waals surface area contributed by atoms with Gasteiger partial charge in [-0.05, 0) is 30.1 Å². The maximum absolute atomic E-state index is 12.0. The highest BCUT2D eigenvalue weighted by molar-refractivity contribution is 5.87. The zero-order valence-electron chi connectivity index (χ0n) is 15.8. The van der Waals surface area contributed by atoms with Crippen LogP contribution in [0.5, 0.6) is 0 Å². The van der Waals surface area contributed by atoms with Gasteiger partial charge in [-0.2, -0.15) is 0 Å². The minimum Gasteiger partial charge on any atom is -0.350 e. The summed E-state index contributed by atoms with van der Waals surface area (Å²) in [5, 5.41) is 5.44. The predicted molar refractivity (Wildman–Crippen MR) is 101 cm³/mol. The average molecular weight is 348 g/mol. The first-order valence-corrected chi connectivity index (χ1v) is 8.98. The van der Waals surface area contributed by atoms with Crippen molar-refractivity contribution < 1.29 is 9.59 Å². The second-order valence-electron chi connectivity index (χ2n) is 6.49. The summed E-state index contributed by atoms with van der Waals surface area (Å²) < 4.78 is 0. The van der Waals surface area contributed by atoms with Crippen molar-refractivity contribution >= 4 is 11.8 Å². The van der Waals surface area contributed by atoms with Crippen LogP contribution in [0.25, 0.3) is 0 Å². The van der Waals surface area contributed by atoms with E-state index in [1.807, 2.05) is 32.0 Å². The summed E-state index contributed by atoms with van der Waals surface area (Å²) in [6.45, 7) is 11.2. The number of nitrogens with two attached hydrogens (primary N) is 1. The molecule has 0 aliphatic rings. The van der Waals surface area contributed by atoms with Gasteiger partial charge in [-0.25, -0.2) is 0 Å². The number of nitrogens with one attached hydrogen (secondary N) is 2. The van der Waals surface area contributed by atoms with Crippen molar-refractivity contribution in [2.75, 3.05) is 19.6 Å². The highest BCUT2D eigenvalue weighted by atomic mass is 16.2. The van der Waals surface area contributed by atoms with Gasteiger partial charge >= 0.3 is 0 Å². The first-order valence-electron chi connectivity index (χ1n) is 8.98. The summed E-state index contributed by atoms with van der Waals surface area (Å²) in [4.78, 5) is 26.1. The number of nitrogens with zero attached hydrogens (tertiary/aromatic N) is 1. The Morgan fingerprint density at radius 1 is 1.08 bits per heavy atom. The fourth-order valence-corrected chi connectivity index (χ4v) is 2.42. The smallest absolute Gasteiger partial charge is 0.239 e. The van der Waals surface area contributed by atoms with Crippen LogP contribution in [-0.2, 0) is 22.7 Å². The summed E-state index contributed by atoms with van der Waals surface area (Å²) in [5.74, 6) is -0.482. The Morgan fingerprint density at radius 3 is 2.24 bits per heavy atom. The van der Waals surface area contributed by atoms with Crippen LogP contribution in [0.4, 0.5) is 0 Å². The SMILES string of the molecule is CCN(CC)Cc1ccccc1CNC(=O)CNC(=O)[C@@H](N)C(C)C. The van der Waals surface area contributed by atoms with Gasteiger partial charge in [-0.1, -0.05) is 52.0 Å². The molecule has 0 bridgehead atoms. The van der Waals surface area contributed by atoms with Crippen LogP contribution >= 0.6 is 0 Å². The molecule has 140 valence electrons.